The van der Waals surface area contributed by atoms with E-state index in [2.05, 4.69) is 91.8 Å². The van der Waals surface area contributed by atoms with Crippen LogP contribution in [0.2, 0.25) is 0 Å². The number of hydrogen-bond acceptors (Lipinski definition) is 5. The molecule has 0 spiro atoms. The van der Waals surface area contributed by atoms with E-state index in [9.17, 15) is 5.11 Å². The molecule has 2 aromatic heterocycles. The van der Waals surface area contributed by atoms with Gasteiger partial charge in [0, 0.05) is 0 Å². The van der Waals surface area contributed by atoms with Crippen molar-refractivity contribution in [2.75, 3.05) is 0 Å². The topological polar surface area (TPSA) is 73.6 Å². The third kappa shape index (κ3) is 7.72. The Morgan fingerprint density at radius 3 is 1.10 bits per heavy atom. The van der Waals surface area contributed by atoms with E-state index in [-0.39, 0.29) is 5.75 Å². The molecule has 0 bridgehead atoms. The van der Waals surface area contributed by atoms with Crippen LogP contribution in [-0.4, -0.2) is 21.4 Å². The van der Waals surface area contributed by atoms with Gasteiger partial charge in [0.25, 0.3) is 0 Å². The minimum Gasteiger partial charge on any atom is -0.872 e. The van der Waals surface area contributed by atoms with Crippen molar-refractivity contribution >= 4 is 22.8 Å². The van der Waals surface area contributed by atoms with Crippen LogP contribution in [0, 0.1) is 0 Å². The Morgan fingerprint density at radius 1 is 0.469 bits per heavy atom. The van der Waals surface area contributed by atoms with Crippen molar-refractivity contribution in [2.24, 2.45) is 9.98 Å². The monoisotopic (exact) mass is 649 g/mol. The molecule has 0 aliphatic rings. The van der Waals surface area contributed by atoms with Gasteiger partial charge in [-0.1, -0.05) is 128 Å². The van der Waals surface area contributed by atoms with Gasteiger partial charge in [0.05, 0.1) is 45.6 Å². The standard InChI is InChI=1S/C44H50N4O/c1-26(2)32-16-11-17-33(27(3)4)42(32)45-30(9)38-22-14-24-40(47-38)36-20-13-21-37(44(36)49)41-25-15-23-39(48-41)31(10)46-43-34(28(5)6)18-12-19-35(43)29(7)8/h11-29,49H,1-10H3/p-1. The molecule has 0 aliphatic carbocycles. The summed E-state index contributed by atoms with van der Waals surface area (Å²) >= 11 is 0. The first-order valence-corrected chi connectivity index (χ1v) is 17.5. The van der Waals surface area contributed by atoms with Gasteiger partial charge in [-0.05, 0) is 95.2 Å². The summed E-state index contributed by atoms with van der Waals surface area (Å²) in [6.07, 6.45) is 0. The maximum absolute atomic E-state index is 14.1. The number of aliphatic imine (C=N–C) groups is 2. The summed E-state index contributed by atoms with van der Waals surface area (Å²) in [5.41, 5.74) is 12.3. The van der Waals surface area contributed by atoms with E-state index >= 15 is 0 Å². The highest BCUT2D eigenvalue weighted by Crippen LogP contribution is 2.38. The van der Waals surface area contributed by atoms with E-state index in [0.717, 1.165) is 34.2 Å². The second-order valence-corrected chi connectivity index (χ2v) is 14.1. The summed E-state index contributed by atoms with van der Waals surface area (Å²) < 4.78 is 0. The van der Waals surface area contributed by atoms with E-state index < -0.39 is 0 Å². The molecular formula is C44H49N4O-. The molecule has 0 fully saturated rings. The molecule has 0 saturated carbocycles. The molecule has 3 aromatic carbocycles. The smallest absolute Gasteiger partial charge is 0.0849 e. The van der Waals surface area contributed by atoms with E-state index in [1.54, 1.807) is 0 Å². The van der Waals surface area contributed by atoms with E-state index in [4.69, 9.17) is 20.0 Å². The molecule has 5 heteroatoms. The Hall–Kier alpha value is -4.90. The lowest BCUT2D eigenvalue weighted by Crippen LogP contribution is -2.04. The Balaban J connectivity index is 1.52. The molecule has 49 heavy (non-hydrogen) atoms. The molecule has 0 unspecified atom stereocenters. The van der Waals surface area contributed by atoms with Crippen molar-refractivity contribution in [2.45, 2.75) is 92.9 Å². The van der Waals surface area contributed by atoms with Gasteiger partial charge in [0.2, 0.25) is 0 Å². The third-order valence-electron chi connectivity index (χ3n) is 9.05. The highest BCUT2D eigenvalue weighted by atomic mass is 16.3. The highest BCUT2D eigenvalue weighted by molar-refractivity contribution is 6.00. The predicted molar refractivity (Wildman–Crippen MR) is 205 cm³/mol. The number of para-hydroxylation sites is 3. The summed E-state index contributed by atoms with van der Waals surface area (Å²) in [7, 11) is 0. The van der Waals surface area contributed by atoms with Crippen molar-refractivity contribution in [1.82, 2.24) is 9.97 Å². The van der Waals surface area contributed by atoms with E-state index in [1.807, 2.05) is 68.4 Å². The number of nitrogens with zero attached hydrogens (tertiary/aromatic N) is 4. The van der Waals surface area contributed by atoms with Gasteiger partial charge in [-0.3, -0.25) is 9.98 Å². The summed E-state index contributed by atoms with van der Waals surface area (Å²) in [6, 6.07) is 30.0. The molecule has 5 aromatic rings. The second-order valence-electron chi connectivity index (χ2n) is 14.1. The minimum absolute atomic E-state index is 0.111. The van der Waals surface area contributed by atoms with Crippen LogP contribution in [0.15, 0.2) is 101 Å². The van der Waals surface area contributed by atoms with Crippen LogP contribution >= 0.6 is 0 Å². The molecule has 2 heterocycles. The van der Waals surface area contributed by atoms with Crippen LogP contribution in [0.1, 0.15) is 127 Å². The van der Waals surface area contributed by atoms with E-state index in [0.29, 0.717) is 46.2 Å². The fraction of sp³-hybridized carbons (Fsp3) is 0.318. The van der Waals surface area contributed by atoms with Crippen LogP contribution in [0.3, 0.4) is 0 Å². The number of aromatic nitrogens is 2. The van der Waals surface area contributed by atoms with Gasteiger partial charge < -0.3 is 5.11 Å². The van der Waals surface area contributed by atoms with Crippen molar-refractivity contribution in [1.29, 1.82) is 0 Å². The number of rotatable bonds is 10. The van der Waals surface area contributed by atoms with Gasteiger partial charge in [0.1, 0.15) is 0 Å². The van der Waals surface area contributed by atoms with Crippen LogP contribution < -0.4 is 5.11 Å². The molecule has 0 amide bonds. The molecule has 252 valence electrons. The maximum atomic E-state index is 14.1. The van der Waals surface area contributed by atoms with Crippen LogP contribution in [0.5, 0.6) is 5.75 Å². The Kier molecular flexibility index (Phi) is 10.9. The van der Waals surface area contributed by atoms with Gasteiger partial charge in [-0.2, -0.15) is 0 Å². The van der Waals surface area contributed by atoms with Crippen LogP contribution in [0.25, 0.3) is 22.5 Å². The molecule has 0 aliphatic heterocycles. The zero-order valence-electron chi connectivity index (χ0n) is 30.7. The second kappa shape index (κ2) is 15.1. The van der Waals surface area contributed by atoms with Gasteiger partial charge in [-0.15, -0.1) is 0 Å². The summed E-state index contributed by atoms with van der Waals surface area (Å²) in [4.78, 5) is 20.2. The molecule has 0 N–H and O–H groups in total. The first-order valence-electron chi connectivity index (χ1n) is 17.5. The maximum Gasteiger partial charge on any atom is 0.0849 e. The average molecular weight is 650 g/mol. The summed E-state index contributed by atoms with van der Waals surface area (Å²) in [6.45, 7) is 21.6. The lowest BCUT2D eigenvalue weighted by molar-refractivity contribution is -0.266. The fourth-order valence-corrected chi connectivity index (χ4v) is 6.24. The predicted octanol–water partition coefficient (Wildman–Crippen LogP) is 11.7. The van der Waals surface area contributed by atoms with Gasteiger partial charge in [-0.25, -0.2) is 9.97 Å². The zero-order chi connectivity index (χ0) is 35.4. The Morgan fingerprint density at radius 2 is 0.776 bits per heavy atom. The van der Waals surface area contributed by atoms with Gasteiger partial charge >= 0.3 is 0 Å². The number of hydrogen-bond donors (Lipinski definition) is 0. The number of pyridine rings is 2. The van der Waals surface area contributed by atoms with Crippen molar-refractivity contribution in [3.8, 4) is 28.3 Å². The summed E-state index contributed by atoms with van der Waals surface area (Å²) in [5.74, 6) is 1.24. The quantitative estimate of drug-likeness (QED) is 0.141. The molecule has 0 radical (unpaired) electrons. The minimum atomic E-state index is -0.111. The average Bonchev–Trinajstić information content (AvgIpc) is 3.08. The van der Waals surface area contributed by atoms with Crippen LogP contribution in [-0.2, 0) is 0 Å². The highest BCUT2D eigenvalue weighted by Gasteiger charge is 2.17. The third-order valence-corrected chi connectivity index (χ3v) is 9.05. The first kappa shape index (κ1) is 35.4. The largest absolute Gasteiger partial charge is 0.872 e. The molecule has 5 rings (SSSR count). The lowest BCUT2D eigenvalue weighted by Gasteiger charge is -2.19. The number of benzene rings is 3. The van der Waals surface area contributed by atoms with Crippen molar-refractivity contribution in [3.05, 3.63) is 125 Å². The van der Waals surface area contributed by atoms with E-state index in [1.165, 1.54) is 22.3 Å². The van der Waals surface area contributed by atoms with Crippen molar-refractivity contribution in [3.63, 3.8) is 0 Å². The SMILES string of the molecule is CC(=Nc1c(C(C)C)cccc1C(C)C)c1cccc(-c2cccc(-c3cccc(C(C)=Nc4c(C(C)C)cccc4C(C)C)n3)c2[O-])n1. The normalized spacial score (nSPS) is 12.5. The molecule has 5 nitrogen and oxygen atoms in total. The molecule has 0 atom stereocenters. The van der Waals surface area contributed by atoms with Crippen molar-refractivity contribution < 1.29 is 5.11 Å². The molecule has 0 saturated heterocycles. The van der Waals surface area contributed by atoms with Crippen LogP contribution in [0.4, 0.5) is 11.4 Å². The summed E-state index contributed by atoms with van der Waals surface area (Å²) in [5, 5.41) is 14.1. The Bertz CT molecular complexity index is 1820. The molecular weight excluding hydrogens is 601 g/mol. The fourth-order valence-electron chi connectivity index (χ4n) is 6.24. The zero-order valence-corrected chi connectivity index (χ0v) is 30.7. The lowest BCUT2D eigenvalue weighted by atomic mass is 9.93. The van der Waals surface area contributed by atoms with Gasteiger partial charge in [0.15, 0.2) is 0 Å². The first-order chi connectivity index (χ1) is 23.4. The Labute approximate surface area is 293 Å².